The monoisotopic (exact) mass is 288 g/mol. The van der Waals surface area contributed by atoms with Crippen LogP contribution in [0.15, 0.2) is 24.3 Å². The minimum absolute atomic E-state index is 0.118. The van der Waals surface area contributed by atoms with Gasteiger partial charge in [0.05, 0.1) is 12.7 Å². The van der Waals surface area contributed by atoms with Gasteiger partial charge in [0.15, 0.2) is 0 Å². The van der Waals surface area contributed by atoms with Crippen LogP contribution in [0.3, 0.4) is 0 Å². The fourth-order valence-corrected chi connectivity index (χ4v) is 1.79. The van der Waals surface area contributed by atoms with E-state index in [1.807, 2.05) is 19.9 Å². The SMILES string of the molecule is COc1ccc(C(=O)NNc2nc(C)cc(C)n2)c(O)c1. The van der Waals surface area contributed by atoms with Crippen LogP contribution in [0.5, 0.6) is 11.5 Å². The third-order valence-electron chi connectivity index (χ3n) is 2.72. The van der Waals surface area contributed by atoms with Crippen LogP contribution in [0.4, 0.5) is 5.95 Å². The Hall–Kier alpha value is -2.83. The van der Waals surface area contributed by atoms with Crippen molar-refractivity contribution >= 4 is 11.9 Å². The van der Waals surface area contributed by atoms with E-state index in [1.54, 1.807) is 6.07 Å². The smallest absolute Gasteiger partial charge is 0.273 e. The molecule has 2 aromatic rings. The maximum atomic E-state index is 12.0. The van der Waals surface area contributed by atoms with Crippen LogP contribution in [0, 0.1) is 13.8 Å². The molecule has 1 aromatic heterocycles. The topological polar surface area (TPSA) is 96.4 Å². The molecule has 0 aliphatic rings. The summed E-state index contributed by atoms with van der Waals surface area (Å²) in [5.74, 6) is 0.0800. The number of phenolic OH excluding ortho intramolecular Hbond substituents is 1. The van der Waals surface area contributed by atoms with E-state index in [1.165, 1.54) is 19.2 Å². The Bertz CT molecular complexity index is 653. The summed E-state index contributed by atoms with van der Waals surface area (Å²) in [6, 6.07) is 6.24. The number of rotatable bonds is 4. The Morgan fingerprint density at radius 3 is 2.43 bits per heavy atom. The number of hydrogen-bond donors (Lipinski definition) is 3. The highest BCUT2D eigenvalue weighted by Gasteiger charge is 2.12. The molecule has 0 unspecified atom stereocenters. The van der Waals surface area contributed by atoms with Gasteiger partial charge in [-0.15, -0.1) is 0 Å². The van der Waals surface area contributed by atoms with Gasteiger partial charge in [-0.2, -0.15) is 0 Å². The summed E-state index contributed by atoms with van der Waals surface area (Å²) in [5.41, 5.74) is 6.74. The quantitative estimate of drug-likeness (QED) is 0.739. The van der Waals surface area contributed by atoms with Gasteiger partial charge in [-0.05, 0) is 32.0 Å². The van der Waals surface area contributed by atoms with Crippen LogP contribution in [-0.4, -0.2) is 28.1 Å². The molecular weight excluding hydrogens is 272 g/mol. The third kappa shape index (κ3) is 3.59. The van der Waals surface area contributed by atoms with E-state index >= 15 is 0 Å². The number of amides is 1. The summed E-state index contributed by atoms with van der Waals surface area (Å²) in [4.78, 5) is 20.2. The Morgan fingerprint density at radius 2 is 1.86 bits per heavy atom. The van der Waals surface area contributed by atoms with Crippen LogP contribution >= 0.6 is 0 Å². The van der Waals surface area contributed by atoms with E-state index in [4.69, 9.17) is 4.74 Å². The van der Waals surface area contributed by atoms with Crippen LogP contribution in [0.1, 0.15) is 21.7 Å². The van der Waals surface area contributed by atoms with Crippen molar-refractivity contribution in [1.82, 2.24) is 15.4 Å². The van der Waals surface area contributed by atoms with Gasteiger partial charge in [0.1, 0.15) is 11.5 Å². The van der Waals surface area contributed by atoms with Gasteiger partial charge < -0.3 is 9.84 Å². The number of anilines is 1. The number of ether oxygens (including phenoxy) is 1. The zero-order valence-corrected chi connectivity index (χ0v) is 12.0. The molecule has 1 heterocycles. The first-order chi connectivity index (χ1) is 9.99. The molecule has 0 atom stereocenters. The summed E-state index contributed by atoms with van der Waals surface area (Å²) in [5, 5.41) is 9.78. The summed E-state index contributed by atoms with van der Waals surface area (Å²) in [6.07, 6.45) is 0. The van der Waals surface area contributed by atoms with Crippen molar-refractivity contribution in [3.63, 3.8) is 0 Å². The lowest BCUT2D eigenvalue weighted by Crippen LogP contribution is -2.30. The number of carbonyl (C=O) groups is 1. The van der Waals surface area contributed by atoms with Gasteiger partial charge in [0.2, 0.25) is 5.95 Å². The van der Waals surface area contributed by atoms with E-state index in [-0.39, 0.29) is 17.3 Å². The van der Waals surface area contributed by atoms with Gasteiger partial charge in [-0.25, -0.2) is 9.97 Å². The van der Waals surface area contributed by atoms with E-state index < -0.39 is 5.91 Å². The van der Waals surface area contributed by atoms with Gasteiger partial charge in [0.25, 0.3) is 5.91 Å². The molecule has 0 aliphatic carbocycles. The van der Waals surface area contributed by atoms with Crippen molar-refractivity contribution in [2.45, 2.75) is 13.8 Å². The van der Waals surface area contributed by atoms with Crippen molar-refractivity contribution in [2.75, 3.05) is 12.5 Å². The number of aryl methyl sites for hydroxylation is 2. The molecule has 0 spiro atoms. The highest BCUT2D eigenvalue weighted by molar-refractivity contribution is 5.97. The summed E-state index contributed by atoms with van der Waals surface area (Å²) < 4.78 is 4.96. The molecule has 0 radical (unpaired) electrons. The number of hydrazine groups is 1. The van der Waals surface area contributed by atoms with Crippen molar-refractivity contribution in [2.24, 2.45) is 0 Å². The maximum Gasteiger partial charge on any atom is 0.273 e. The van der Waals surface area contributed by atoms with Crippen molar-refractivity contribution in [3.05, 3.63) is 41.2 Å². The molecule has 1 aromatic carbocycles. The zero-order valence-electron chi connectivity index (χ0n) is 12.0. The van der Waals surface area contributed by atoms with E-state index in [9.17, 15) is 9.90 Å². The molecular formula is C14H16N4O3. The number of nitrogens with zero attached hydrogens (tertiary/aromatic N) is 2. The molecule has 110 valence electrons. The minimum Gasteiger partial charge on any atom is -0.507 e. The highest BCUT2D eigenvalue weighted by Crippen LogP contribution is 2.23. The predicted molar refractivity (Wildman–Crippen MR) is 77.3 cm³/mol. The number of carbonyl (C=O) groups excluding carboxylic acids is 1. The first-order valence-corrected chi connectivity index (χ1v) is 6.25. The summed E-state index contributed by atoms with van der Waals surface area (Å²) in [7, 11) is 1.48. The molecule has 3 N–H and O–H groups in total. The molecule has 2 rings (SSSR count). The number of phenols is 1. The lowest BCUT2D eigenvalue weighted by atomic mass is 10.2. The Balaban J connectivity index is 2.08. The molecule has 21 heavy (non-hydrogen) atoms. The lowest BCUT2D eigenvalue weighted by Gasteiger charge is -2.10. The highest BCUT2D eigenvalue weighted by atomic mass is 16.5. The molecule has 0 bridgehead atoms. The number of aromatic nitrogens is 2. The predicted octanol–water partition coefficient (Wildman–Crippen LogP) is 1.56. The molecule has 1 amide bonds. The van der Waals surface area contributed by atoms with Crippen LogP contribution in [0.25, 0.3) is 0 Å². The first-order valence-electron chi connectivity index (χ1n) is 6.25. The average molecular weight is 288 g/mol. The fourth-order valence-electron chi connectivity index (χ4n) is 1.79. The number of methoxy groups -OCH3 is 1. The van der Waals surface area contributed by atoms with Crippen LogP contribution < -0.4 is 15.6 Å². The summed E-state index contributed by atoms with van der Waals surface area (Å²) in [6.45, 7) is 3.66. The molecule has 0 fully saturated rings. The van der Waals surface area contributed by atoms with Crippen molar-refractivity contribution in [1.29, 1.82) is 0 Å². The van der Waals surface area contributed by atoms with Crippen molar-refractivity contribution in [3.8, 4) is 11.5 Å². The maximum absolute atomic E-state index is 12.0. The fraction of sp³-hybridized carbons (Fsp3) is 0.214. The standard InChI is InChI=1S/C14H16N4O3/c1-8-6-9(2)16-14(15-8)18-17-13(20)11-5-4-10(21-3)7-12(11)19/h4-7,19H,1-3H3,(H,17,20)(H,15,16,18). The number of aromatic hydroxyl groups is 1. The lowest BCUT2D eigenvalue weighted by molar-refractivity contribution is 0.0959. The second-order valence-electron chi connectivity index (χ2n) is 4.44. The van der Waals surface area contributed by atoms with Gasteiger partial charge in [-0.1, -0.05) is 0 Å². The molecule has 7 nitrogen and oxygen atoms in total. The number of benzene rings is 1. The summed E-state index contributed by atoms with van der Waals surface area (Å²) >= 11 is 0. The molecule has 0 aliphatic heterocycles. The normalized spacial score (nSPS) is 10.0. The zero-order chi connectivity index (χ0) is 15.4. The van der Waals surface area contributed by atoms with Gasteiger partial charge in [-0.3, -0.25) is 15.6 Å². The molecule has 7 heteroatoms. The minimum atomic E-state index is -0.502. The second-order valence-corrected chi connectivity index (χ2v) is 4.44. The van der Waals surface area contributed by atoms with Crippen LogP contribution in [0.2, 0.25) is 0 Å². The Labute approximate surface area is 122 Å². The van der Waals surface area contributed by atoms with E-state index in [0.717, 1.165) is 11.4 Å². The van der Waals surface area contributed by atoms with Gasteiger partial charge in [0, 0.05) is 17.5 Å². The largest absolute Gasteiger partial charge is 0.507 e. The van der Waals surface area contributed by atoms with Crippen LogP contribution in [-0.2, 0) is 0 Å². The number of nitrogens with one attached hydrogen (secondary N) is 2. The van der Waals surface area contributed by atoms with Gasteiger partial charge >= 0.3 is 0 Å². The number of hydrogen-bond acceptors (Lipinski definition) is 6. The Morgan fingerprint density at radius 1 is 1.19 bits per heavy atom. The molecule has 0 saturated heterocycles. The molecule has 0 saturated carbocycles. The van der Waals surface area contributed by atoms with E-state index in [2.05, 4.69) is 20.8 Å². The second kappa shape index (κ2) is 6.08. The Kier molecular flexibility index (Phi) is 4.22. The first kappa shape index (κ1) is 14.6. The third-order valence-corrected chi connectivity index (χ3v) is 2.72. The van der Waals surface area contributed by atoms with Crippen molar-refractivity contribution < 1.29 is 14.6 Å². The average Bonchev–Trinajstić information content (AvgIpc) is 2.43. The van der Waals surface area contributed by atoms with E-state index in [0.29, 0.717) is 5.75 Å².